The number of hydrogen-bond donors (Lipinski definition) is 0. The first kappa shape index (κ1) is 15.8. The van der Waals surface area contributed by atoms with Gasteiger partial charge in [-0.2, -0.15) is 0 Å². The molecule has 0 bridgehead atoms. The van der Waals surface area contributed by atoms with Gasteiger partial charge in [0.2, 0.25) is 5.76 Å². The number of carbonyl (C=O) groups excluding carboxylic acids is 2. The maximum atomic E-state index is 11.7. The zero-order valence-electron chi connectivity index (χ0n) is 12.8. The summed E-state index contributed by atoms with van der Waals surface area (Å²) in [5.41, 5.74) is 2.15. The van der Waals surface area contributed by atoms with Crippen LogP contribution < -0.4 is 0 Å². The molecule has 1 heterocycles. The van der Waals surface area contributed by atoms with Crippen LogP contribution in [-0.4, -0.2) is 32.3 Å². The minimum Gasteiger partial charge on any atom is -0.477 e. The molecule has 0 unspecified atom stereocenters. The van der Waals surface area contributed by atoms with Crippen molar-refractivity contribution < 1.29 is 23.8 Å². The summed E-state index contributed by atoms with van der Waals surface area (Å²) < 4.78 is 15.0. The Balaban J connectivity index is 2.39. The fourth-order valence-corrected chi connectivity index (χ4v) is 2.40. The smallest absolute Gasteiger partial charge is 0.373 e. The number of esters is 2. The SMILES string of the molecule is C=C(C(=O)OC)[C@H]1OC(C(=O)OC)=C[C@@H]1c1cccc(C)c1. The zero-order valence-corrected chi connectivity index (χ0v) is 12.8. The van der Waals surface area contributed by atoms with Gasteiger partial charge < -0.3 is 14.2 Å². The molecule has 1 aliphatic heterocycles. The van der Waals surface area contributed by atoms with Crippen molar-refractivity contribution in [3.8, 4) is 0 Å². The number of aryl methyl sites for hydroxylation is 1. The highest BCUT2D eigenvalue weighted by molar-refractivity contribution is 5.91. The second-order valence-electron chi connectivity index (χ2n) is 5.02. The van der Waals surface area contributed by atoms with E-state index in [0.29, 0.717) is 0 Å². The van der Waals surface area contributed by atoms with Crippen LogP contribution >= 0.6 is 0 Å². The molecule has 0 aliphatic carbocycles. The standard InChI is InChI=1S/C17H18O5/c1-10-6-5-7-12(8-10)13-9-14(17(19)21-4)22-15(13)11(2)16(18)20-3/h5-9,13,15H,2H2,1,3-4H3/t13-,15-/m1/s1. The molecular formula is C17H18O5. The average molecular weight is 302 g/mol. The normalized spacial score (nSPS) is 19.9. The van der Waals surface area contributed by atoms with E-state index in [-0.39, 0.29) is 17.3 Å². The lowest BCUT2D eigenvalue weighted by Gasteiger charge is -2.20. The molecule has 0 aromatic heterocycles. The van der Waals surface area contributed by atoms with Crippen molar-refractivity contribution in [1.29, 1.82) is 0 Å². The van der Waals surface area contributed by atoms with Gasteiger partial charge >= 0.3 is 11.9 Å². The van der Waals surface area contributed by atoms with Gasteiger partial charge in [-0.05, 0) is 18.6 Å². The Morgan fingerprint density at radius 1 is 1.23 bits per heavy atom. The van der Waals surface area contributed by atoms with Crippen LogP contribution in [0.3, 0.4) is 0 Å². The minimum absolute atomic E-state index is 0.0732. The van der Waals surface area contributed by atoms with Crippen molar-refractivity contribution in [2.24, 2.45) is 0 Å². The van der Waals surface area contributed by atoms with E-state index in [1.165, 1.54) is 14.2 Å². The van der Waals surface area contributed by atoms with Gasteiger partial charge in [-0.1, -0.05) is 36.4 Å². The fourth-order valence-electron chi connectivity index (χ4n) is 2.40. The Kier molecular flexibility index (Phi) is 4.65. The van der Waals surface area contributed by atoms with Gasteiger partial charge in [0.1, 0.15) is 6.10 Å². The molecule has 5 nitrogen and oxygen atoms in total. The summed E-state index contributed by atoms with van der Waals surface area (Å²) in [6, 6.07) is 7.76. The molecule has 0 saturated carbocycles. The molecule has 1 aromatic carbocycles. The van der Waals surface area contributed by atoms with Gasteiger partial charge in [-0.15, -0.1) is 0 Å². The number of hydrogen-bond acceptors (Lipinski definition) is 5. The van der Waals surface area contributed by atoms with E-state index < -0.39 is 18.0 Å². The highest BCUT2D eigenvalue weighted by Gasteiger charge is 2.38. The Morgan fingerprint density at radius 2 is 1.95 bits per heavy atom. The van der Waals surface area contributed by atoms with Gasteiger partial charge in [0.25, 0.3) is 0 Å². The second kappa shape index (κ2) is 6.47. The highest BCUT2D eigenvalue weighted by Crippen LogP contribution is 2.36. The van der Waals surface area contributed by atoms with Crippen LogP contribution in [0.25, 0.3) is 0 Å². The zero-order chi connectivity index (χ0) is 16.3. The summed E-state index contributed by atoms with van der Waals surface area (Å²) in [5.74, 6) is -1.38. The molecule has 0 amide bonds. The summed E-state index contributed by atoms with van der Waals surface area (Å²) in [4.78, 5) is 23.5. The van der Waals surface area contributed by atoms with E-state index in [1.54, 1.807) is 6.08 Å². The molecule has 1 aliphatic rings. The first-order chi connectivity index (χ1) is 10.5. The predicted octanol–water partition coefficient (Wildman–Crippen LogP) is 2.26. The predicted molar refractivity (Wildman–Crippen MR) is 80.0 cm³/mol. The molecule has 0 spiro atoms. The van der Waals surface area contributed by atoms with Crippen LogP contribution in [0.15, 0.2) is 48.3 Å². The molecule has 116 valence electrons. The largest absolute Gasteiger partial charge is 0.477 e. The molecule has 0 N–H and O–H groups in total. The van der Waals surface area contributed by atoms with Crippen LogP contribution in [0.2, 0.25) is 0 Å². The number of ether oxygens (including phenoxy) is 3. The number of benzene rings is 1. The third-order valence-electron chi connectivity index (χ3n) is 3.52. The van der Waals surface area contributed by atoms with Crippen LogP contribution in [0.1, 0.15) is 17.0 Å². The van der Waals surface area contributed by atoms with Crippen molar-refractivity contribution in [3.63, 3.8) is 0 Å². The van der Waals surface area contributed by atoms with E-state index in [1.807, 2.05) is 31.2 Å². The Bertz CT molecular complexity index is 644. The van der Waals surface area contributed by atoms with Crippen molar-refractivity contribution in [3.05, 3.63) is 59.4 Å². The first-order valence-corrected chi connectivity index (χ1v) is 6.78. The average Bonchev–Trinajstić information content (AvgIpc) is 2.97. The van der Waals surface area contributed by atoms with Crippen LogP contribution in [0.5, 0.6) is 0 Å². The minimum atomic E-state index is -0.691. The molecule has 0 radical (unpaired) electrons. The molecule has 0 fully saturated rings. The summed E-state index contributed by atoms with van der Waals surface area (Å²) in [6.07, 6.45) is 0.961. The first-order valence-electron chi connectivity index (χ1n) is 6.78. The van der Waals surface area contributed by atoms with E-state index in [9.17, 15) is 9.59 Å². The van der Waals surface area contributed by atoms with Gasteiger partial charge in [0.05, 0.1) is 19.8 Å². The maximum Gasteiger partial charge on any atom is 0.373 e. The molecular weight excluding hydrogens is 284 g/mol. The summed E-state index contributed by atoms with van der Waals surface area (Å²) in [7, 11) is 2.55. The highest BCUT2D eigenvalue weighted by atomic mass is 16.6. The van der Waals surface area contributed by atoms with E-state index in [0.717, 1.165) is 11.1 Å². The Labute approximate surface area is 129 Å². The monoisotopic (exact) mass is 302 g/mol. The topological polar surface area (TPSA) is 61.8 Å². The van der Waals surface area contributed by atoms with Crippen LogP contribution in [-0.2, 0) is 23.8 Å². The van der Waals surface area contributed by atoms with E-state index in [4.69, 9.17) is 9.47 Å². The van der Waals surface area contributed by atoms with Gasteiger partial charge in [0.15, 0.2) is 0 Å². The summed E-state index contributed by atoms with van der Waals surface area (Å²) in [5, 5.41) is 0. The molecule has 2 rings (SSSR count). The summed E-state index contributed by atoms with van der Waals surface area (Å²) >= 11 is 0. The van der Waals surface area contributed by atoms with Crippen molar-refractivity contribution in [2.75, 3.05) is 14.2 Å². The number of carbonyl (C=O) groups is 2. The second-order valence-corrected chi connectivity index (χ2v) is 5.02. The Hall–Kier alpha value is -2.56. The summed E-state index contributed by atoms with van der Waals surface area (Å²) in [6.45, 7) is 5.71. The molecule has 1 aromatic rings. The number of rotatable bonds is 4. The lowest BCUT2D eigenvalue weighted by atomic mass is 9.89. The maximum absolute atomic E-state index is 11.7. The molecule has 22 heavy (non-hydrogen) atoms. The van der Waals surface area contributed by atoms with Gasteiger partial charge in [-0.3, -0.25) is 0 Å². The van der Waals surface area contributed by atoms with Crippen molar-refractivity contribution >= 4 is 11.9 Å². The van der Waals surface area contributed by atoms with Crippen molar-refractivity contribution in [1.82, 2.24) is 0 Å². The molecule has 0 saturated heterocycles. The van der Waals surface area contributed by atoms with Crippen LogP contribution in [0.4, 0.5) is 0 Å². The molecule has 5 heteroatoms. The lowest BCUT2D eigenvalue weighted by molar-refractivity contribution is -0.142. The number of methoxy groups -OCH3 is 2. The van der Waals surface area contributed by atoms with Gasteiger partial charge in [-0.25, -0.2) is 9.59 Å². The van der Waals surface area contributed by atoms with E-state index in [2.05, 4.69) is 11.3 Å². The van der Waals surface area contributed by atoms with Crippen molar-refractivity contribution in [2.45, 2.75) is 18.9 Å². The van der Waals surface area contributed by atoms with E-state index >= 15 is 0 Å². The quantitative estimate of drug-likeness (QED) is 0.630. The molecule has 2 atom stereocenters. The Morgan fingerprint density at radius 3 is 2.55 bits per heavy atom. The lowest BCUT2D eigenvalue weighted by Crippen LogP contribution is -2.24. The third kappa shape index (κ3) is 3.03. The van der Waals surface area contributed by atoms with Gasteiger partial charge in [0, 0.05) is 5.92 Å². The third-order valence-corrected chi connectivity index (χ3v) is 3.52. The van der Waals surface area contributed by atoms with Crippen LogP contribution in [0, 0.1) is 6.92 Å². The fraction of sp³-hybridized carbons (Fsp3) is 0.294.